The van der Waals surface area contributed by atoms with Crippen LogP contribution in [0.5, 0.6) is 46.0 Å². The van der Waals surface area contributed by atoms with Crippen LogP contribution in [0.25, 0.3) is 0 Å². The summed E-state index contributed by atoms with van der Waals surface area (Å²) in [7, 11) is 9.92. The number of fused-ring (bicyclic) bond motifs is 16. The highest BCUT2D eigenvalue weighted by atomic mass is 16.7. The van der Waals surface area contributed by atoms with E-state index in [0.29, 0.717) is 0 Å². The normalized spacial score (nSPS) is 12.1. The van der Waals surface area contributed by atoms with Crippen LogP contribution in [-0.4, -0.2) is 96.3 Å². The summed E-state index contributed by atoms with van der Waals surface area (Å²) in [5.74, 6) is -0.223. The second-order valence-corrected chi connectivity index (χ2v) is 21.8. The molecule has 8 aromatic carbocycles. The average molecular weight is 1320 g/mol. The van der Waals surface area contributed by atoms with Gasteiger partial charge < -0.3 is 37.9 Å². The predicted octanol–water partition coefficient (Wildman–Crippen LogP) is 12.1. The molecule has 0 spiro atoms. The topological polar surface area (TPSA) is 419 Å². The molecule has 0 amide bonds. The quantitative estimate of drug-likeness (QED) is 0.0640. The molecule has 0 unspecified atom stereocenters. The van der Waals surface area contributed by atoms with Crippen molar-refractivity contribution in [3.05, 3.63) is 267 Å². The third-order valence-corrected chi connectivity index (χ3v) is 16.2. The zero-order valence-electron chi connectivity index (χ0n) is 52.3. The molecule has 0 heterocycles. The van der Waals surface area contributed by atoms with Crippen molar-refractivity contribution in [1.82, 2.24) is 0 Å². The minimum Gasteiger partial charge on any atom is -0.496 e. The summed E-state index contributed by atoms with van der Waals surface area (Å²) in [5, 5.41) is 103. The number of nitro groups is 8. The van der Waals surface area contributed by atoms with E-state index < -0.39 is 136 Å². The van der Waals surface area contributed by atoms with E-state index >= 15 is 0 Å². The summed E-state index contributed by atoms with van der Waals surface area (Å²) >= 11 is 0. The number of rotatable bonds is 16. The lowest BCUT2D eigenvalue weighted by Gasteiger charge is -2.21. The maximum absolute atomic E-state index is 12.9. The van der Waals surface area contributed by atoms with Gasteiger partial charge in [-0.3, -0.25) is 80.9 Å². The van der Waals surface area contributed by atoms with Crippen LogP contribution in [0.15, 0.2) is 97.1 Å². The van der Waals surface area contributed by atoms with Gasteiger partial charge in [-0.2, -0.15) is 0 Å². The molecule has 0 saturated carbocycles. The van der Waals surface area contributed by atoms with Gasteiger partial charge >= 0.3 is 0 Å². The Labute approximate surface area is 542 Å². The number of methoxy groups -OCH3 is 8. The summed E-state index contributed by atoms with van der Waals surface area (Å²) in [6.45, 7) is 0. The van der Waals surface area contributed by atoms with Crippen molar-refractivity contribution in [1.29, 1.82) is 0 Å². The molecule has 0 N–H and O–H groups in total. The van der Waals surface area contributed by atoms with Crippen LogP contribution in [-0.2, 0) is 51.4 Å². The highest BCUT2D eigenvalue weighted by Crippen LogP contribution is 2.46. The number of hydrogen-bond donors (Lipinski definition) is 0. The molecule has 496 valence electrons. The van der Waals surface area contributed by atoms with E-state index in [9.17, 15) is 80.9 Å². The van der Waals surface area contributed by atoms with E-state index in [-0.39, 0.29) is 135 Å². The first-order valence-corrected chi connectivity index (χ1v) is 28.5. The summed E-state index contributed by atoms with van der Waals surface area (Å²) in [5.41, 5.74) is -3.38. The van der Waals surface area contributed by atoms with Crippen LogP contribution in [0.2, 0.25) is 0 Å². The first-order chi connectivity index (χ1) is 45.8. The number of nitrogens with zero attached hydrogens (tertiary/aromatic N) is 8. The van der Waals surface area contributed by atoms with Gasteiger partial charge in [0.25, 0.3) is 45.5 Å². The number of ether oxygens (including phenoxy) is 8. The molecule has 0 fully saturated rings. The number of nitro benzene ring substituents is 8. The van der Waals surface area contributed by atoms with Gasteiger partial charge in [0.05, 0.1) is 96.3 Å². The molecule has 1 aliphatic rings. The molecule has 0 aromatic heterocycles. The zero-order chi connectivity index (χ0) is 69.7. The molecule has 0 aliphatic heterocycles. The monoisotopic (exact) mass is 1320 g/mol. The van der Waals surface area contributed by atoms with Gasteiger partial charge in [-0.1, -0.05) is 0 Å². The van der Waals surface area contributed by atoms with Crippen LogP contribution in [0.1, 0.15) is 89.0 Å². The van der Waals surface area contributed by atoms with E-state index in [2.05, 4.69) is 0 Å². The molecule has 9 rings (SSSR count). The van der Waals surface area contributed by atoms with Crippen LogP contribution in [0.3, 0.4) is 0 Å². The van der Waals surface area contributed by atoms with Gasteiger partial charge in [0.1, 0.15) is 46.0 Å². The lowest BCUT2D eigenvalue weighted by molar-refractivity contribution is -0.385. The van der Waals surface area contributed by atoms with E-state index in [4.69, 9.17) is 37.9 Å². The van der Waals surface area contributed by atoms with Crippen molar-refractivity contribution in [2.24, 2.45) is 0 Å². The fourth-order valence-electron chi connectivity index (χ4n) is 12.6. The standard InChI is InChI=1S/C64H56N8O24/c1-89-57-33-9-35-19-50(66(75)76)21-37(58(35)90-2)11-39-23-52(68(79)80)25-41(60(39)92-4)13-43-27-54(70(83)84)29-45(62(43)94-6)15-47-31-56(72(87)88)32-48(64(47)96-8)16-46-30-55(71(85)86)28-44(63(46)95-7)14-42-26-53(69(81)82)24-40(61(42)93-5)12-38-22-51(67(77)78)20-36(59(38)91-3)10-34(57)18-49(17-33)65(73)74/h17-32H,9-16H2,1-8H3. The molecule has 32 nitrogen and oxygen atoms in total. The SMILES string of the molecule is COc1c2cc([N+](=O)[O-])cc1Cc1cc([N+](=O)[O-])cc(c1OC)Cc1cc([N+](=O)[O-])cc(c1OC)Cc1cc([N+](=O)[O-])cc(c1OC)Cc1cc([N+](=O)[O-])cc(c1OC)Cc1cc([N+](=O)[O-])cc(c1OC)Cc1cc([N+](=O)[O-])cc(c1OC)Cc1cc([N+](=O)[O-])cc(c1OC)C2. The molecule has 96 heavy (non-hydrogen) atoms. The maximum atomic E-state index is 12.9. The summed E-state index contributed by atoms with van der Waals surface area (Å²) in [6.07, 6.45) is -3.21. The van der Waals surface area contributed by atoms with Crippen molar-refractivity contribution in [3.63, 3.8) is 0 Å². The molecule has 16 bridgehead atoms. The van der Waals surface area contributed by atoms with Crippen molar-refractivity contribution in [3.8, 4) is 46.0 Å². The first kappa shape index (κ1) is 67.7. The van der Waals surface area contributed by atoms with Crippen LogP contribution in [0, 0.1) is 80.9 Å². The van der Waals surface area contributed by atoms with Crippen LogP contribution < -0.4 is 37.9 Å². The molecule has 0 radical (unpaired) electrons. The fourth-order valence-corrected chi connectivity index (χ4v) is 12.6. The molecule has 1 aliphatic carbocycles. The number of benzene rings is 8. The smallest absolute Gasteiger partial charge is 0.270 e. The Morgan fingerprint density at radius 2 is 0.260 bits per heavy atom. The third-order valence-electron chi connectivity index (χ3n) is 16.2. The molecule has 0 atom stereocenters. The van der Waals surface area contributed by atoms with Gasteiger partial charge in [-0.25, -0.2) is 0 Å². The molecule has 32 heteroatoms. The van der Waals surface area contributed by atoms with Gasteiger partial charge in [0.2, 0.25) is 0 Å². The van der Waals surface area contributed by atoms with Crippen molar-refractivity contribution < 1.29 is 77.3 Å². The zero-order valence-corrected chi connectivity index (χ0v) is 52.3. The van der Waals surface area contributed by atoms with Crippen molar-refractivity contribution in [2.45, 2.75) is 51.4 Å². The number of non-ortho nitro benzene ring substituents is 8. The minimum absolute atomic E-state index is 0.0279. The van der Waals surface area contributed by atoms with E-state index in [0.717, 1.165) is 97.1 Å². The molecule has 8 aromatic rings. The second kappa shape index (κ2) is 28.1. The van der Waals surface area contributed by atoms with Crippen LogP contribution in [0.4, 0.5) is 45.5 Å². The maximum Gasteiger partial charge on any atom is 0.270 e. The largest absolute Gasteiger partial charge is 0.496 e. The molecule has 0 saturated heterocycles. The fraction of sp³-hybridized carbons (Fsp3) is 0.250. The lowest BCUT2D eigenvalue weighted by atomic mass is 9.90. The third kappa shape index (κ3) is 13.8. The predicted molar refractivity (Wildman–Crippen MR) is 340 cm³/mol. The van der Waals surface area contributed by atoms with Gasteiger partial charge in [0, 0.05) is 237 Å². The van der Waals surface area contributed by atoms with E-state index in [1.807, 2.05) is 0 Å². The summed E-state index contributed by atoms with van der Waals surface area (Å²) in [6, 6.07) is 18.4. The minimum atomic E-state index is -0.719. The van der Waals surface area contributed by atoms with Crippen LogP contribution >= 0.6 is 0 Å². The Balaban J connectivity index is 1.37. The second-order valence-electron chi connectivity index (χ2n) is 21.8. The highest BCUT2D eigenvalue weighted by Gasteiger charge is 2.32. The van der Waals surface area contributed by atoms with Crippen molar-refractivity contribution in [2.75, 3.05) is 56.9 Å². The van der Waals surface area contributed by atoms with Gasteiger partial charge in [-0.15, -0.1) is 0 Å². The Morgan fingerprint density at radius 3 is 0.312 bits per heavy atom. The van der Waals surface area contributed by atoms with Crippen molar-refractivity contribution >= 4 is 45.5 Å². The Kier molecular flexibility index (Phi) is 19.8. The Hall–Kier alpha value is -12.6. The van der Waals surface area contributed by atoms with E-state index in [1.165, 1.54) is 56.9 Å². The lowest BCUT2D eigenvalue weighted by Crippen LogP contribution is -2.08. The number of hydrogen-bond acceptors (Lipinski definition) is 24. The molecular weight excluding hydrogens is 1260 g/mol. The Bertz CT molecular complexity index is 3550. The molecular formula is C64H56N8O24. The van der Waals surface area contributed by atoms with Gasteiger partial charge in [0.15, 0.2) is 0 Å². The van der Waals surface area contributed by atoms with E-state index in [1.54, 1.807) is 0 Å². The first-order valence-electron chi connectivity index (χ1n) is 28.5. The summed E-state index contributed by atoms with van der Waals surface area (Å²) < 4.78 is 47.7. The Morgan fingerprint density at radius 1 is 0.188 bits per heavy atom. The van der Waals surface area contributed by atoms with Gasteiger partial charge in [-0.05, 0) is 0 Å². The summed E-state index contributed by atoms with van der Waals surface area (Å²) in [4.78, 5) is 97.2. The average Bonchev–Trinajstić information content (AvgIpc) is 0.790. The highest BCUT2D eigenvalue weighted by molar-refractivity contribution is 5.65.